The van der Waals surface area contributed by atoms with Gasteiger partial charge < -0.3 is 5.32 Å². The third-order valence-electron chi connectivity index (χ3n) is 3.07. The predicted octanol–water partition coefficient (Wildman–Crippen LogP) is 3.00. The molecule has 2 rings (SSSR count). The van der Waals surface area contributed by atoms with Crippen LogP contribution in [0.1, 0.15) is 21.5 Å². The second-order valence-corrected chi connectivity index (χ2v) is 4.52. The lowest BCUT2D eigenvalue weighted by molar-refractivity contribution is -0.384. The Morgan fingerprint density at radius 3 is 2.62 bits per heavy atom. The lowest BCUT2D eigenvalue weighted by Gasteiger charge is -2.09. The number of nitrogens with one attached hydrogen (secondary N) is 1. The van der Waals surface area contributed by atoms with E-state index in [9.17, 15) is 19.3 Å². The normalized spacial score (nSPS) is 10.2. The molecule has 1 aromatic heterocycles. The van der Waals surface area contributed by atoms with Gasteiger partial charge in [0, 0.05) is 12.3 Å². The zero-order valence-electron chi connectivity index (χ0n) is 11.4. The summed E-state index contributed by atoms with van der Waals surface area (Å²) in [5.74, 6) is -1.55. The van der Waals surface area contributed by atoms with E-state index in [0.717, 1.165) is 17.3 Å². The van der Waals surface area contributed by atoms with Crippen LogP contribution in [0, 0.1) is 29.8 Å². The van der Waals surface area contributed by atoms with Gasteiger partial charge in [-0.05, 0) is 37.1 Å². The number of nitro groups is 1. The molecule has 1 heterocycles. The van der Waals surface area contributed by atoms with Gasteiger partial charge in [0.05, 0.1) is 16.7 Å². The minimum atomic E-state index is -0.790. The molecule has 7 heteroatoms. The Bertz CT molecular complexity index is 731. The fourth-order valence-electron chi connectivity index (χ4n) is 1.80. The minimum absolute atomic E-state index is 0.0318. The summed E-state index contributed by atoms with van der Waals surface area (Å²) in [5.41, 5.74) is 1.09. The summed E-state index contributed by atoms with van der Waals surface area (Å²) in [5, 5.41) is 13.4. The van der Waals surface area contributed by atoms with E-state index in [0.29, 0.717) is 0 Å². The number of hydrogen-bond acceptors (Lipinski definition) is 4. The van der Waals surface area contributed by atoms with Crippen molar-refractivity contribution >= 4 is 17.3 Å². The van der Waals surface area contributed by atoms with Gasteiger partial charge in [0.15, 0.2) is 5.82 Å². The number of anilines is 1. The van der Waals surface area contributed by atoms with Crippen LogP contribution < -0.4 is 5.32 Å². The minimum Gasteiger partial charge on any atom is -0.316 e. The highest BCUT2D eigenvalue weighted by atomic mass is 19.1. The molecule has 0 unspecified atom stereocenters. The number of nitro benzene ring substituents is 1. The molecule has 0 aliphatic rings. The number of amides is 1. The summed E-state index contributed by atoms with van der Waals surface area (Å²) >= 11 is 0. The topological polar surface area (TPSA) is 85.1 Å². The van der Waals surface area contributed by atoms with Crippen LogP contribution >= 0.6 is 0 Å². The van der Waals surface area contributed by atoms with E-state index < -0.39 is 16.6 Å². The maximum atomic E-state index is 13.5. The molecule has 0 saturated carbocycles. The summed E-state index contributed by atoms with van der Waals surface area (Å²) in [4.78, 5) is 26.0. The summed E-state index contributed by atoms with van der Waals surface area (Å²) < 4.78 is 13.5. The SMILES string of the molecule is Cc1cc(NC(=O)c2ccncc2F)c([N+](=O)[O-])cc1C. The Hall–Kier alpha value is -2.83. The van der Waals surface area contributed by atoms with Crippen molar-refractivity contribution in [1.82, 2.24) is 4.98 Å². The lowest BCUT2D eigenvalue weighted by atomic mass is 10.1. The molecule has 108 valence electrons. The smallest absolute Gasteiger partial charge is 0.293 e. The molecule has 0 saturated heterocycles. The number of hydrogen-bond donors (Lipinski definition) is 1. The molecule has 0 fully saturated rings. The van der Waals surface area contributed by atoms with E-state index in [1.165, 1.54) is 24.4 Å². The van der Waals surface area contributed by atoms with Crippen molar-refractivity contribution in [2.24, 2.45) is 0 Å². The van der Waals surface area contributed by atoms with Gasteiger partial charge in [-0.1, -0.05) is 0 Å². The van der Waals surface area contributed by atoms with Crippen molar-refractivity contribution in [2.45, 2.75) is 13.8 Å². The van der Waals surface area contributed by atoms with E-state index in [1.807, 2.05) is 0 Å². The first-order valence-corrected chi connectivity index (χ1v) is 6.06. The van der Waals surface area contributed by atoms with Crippen molar-refractivity contribution in [1.29, 1.82) is 0 Å². The van der Waals surface area contributed by atoms with Crippen molar-refractivity contribution in [2.75, 3.05) is 5.32 Å². The Balaban J connectivity index is 2.40. The first kappa shape index (κ1) is 14.6. The van der Waals surface area contributed by atoms with Crippen LogP contribution in [0.5, 0.6) is 0 Å². The number of nitrogens with zero attached hydrogens (tertiary/aromatic N) is 2. The predicted molar refractivity (Wildman–Crippen MR) is 74.7 cm³/mol. The van der Waals surface area contributed by atoms with Gasteiger partial charge in [0.1, 0.15) is 5.69 Å². The van der Waals surface area contributed by atoms with Crippen molar-refractivity contribution in [3.05, 3.63) is 63.2 Å². The van der Waals surface area contributed by atoms with E-state index >= 15 is 0 Å². The van der Waals surface area contributed by atoms with Crippen LogP contribution in [0.25, 0.3) is 0 Å². The Morgan fingerprint density at radius 1 is 1.33 bits per heavy atom. The molecule has 21 heavy (non-hydrogen) atoms. The zero-order valence-corrected chi connectivity index (χ0v) is 11.4. The van der Waals surface area contributed by atoms with Crippen LogP contribution in [-0.4, -0.2) is 15.8 Å². The van der Waals surface area contributed by atoms with Gasteiger partial charge in [0.2, 0.25) is 0 Å². The number of carbonyl (C=O) groups is 1. The first-order valence-electron chi connectivity index (χ1n) is 6.06. The molecular formula is C14H12FN3O3. The number of halogens is 1. The molecule has 0 atom stereocenters. The van der Waals surface area contributed by atoms with E-state index in [2.05, 4.69) is 10.3 Å². The highest BCUT2D eigenvalue weighted by molar-refractivity contribution is 6.05. The number of aromatic nitrogens is 1. The van der Waals surface area contributed by atoms with Gasteiger partial charge in [-0.25, -0.2) is 4.39 Å². The van der Waals surface area contributed by atoms with Crippen LogP contribution in [0.2, 0.25) is 0 Å². The molecule has 0 radical (unpaired) electrons. The van der Waals surface area contributed by atoms with Gasteiger partial charge in [-0.15, -0.1) is 0 Å². The number of carbonyl (C=O) groups excluding carboxylic acids is 1. The Labute approximate surface area is 119 Å². The molecule has 2 aromatic rings. The third kappa shape index (κ3) is 3.02. The molecule has 0 bridgehead atoms. The van der Waals surface area contributed by atoms with Crippen molar-refractivity contribution in [3.8, 4) is 0 Å². The Kier molecular flexibility index (Phi) is 3.93. The van der Waals surface area contributed by atoms with E-state index in [4.69, 9.17) is 0 Å². The average molecular weight is 289 g/mol. The standard InChI is InChI=1S/C14H12FN3O3/c1-8-5-12(13(18(20)21)6-9(8)2)17-14(19)10-3-4-16-7-11(10)15/h3-7H,1-2H3,(H,17,19). The molecular weight excluding hydrogens is 277 g/mol. The largest absolute Gasteiger partial charge is 0.316 e. The van der Waals surface area contributed by atoms with Gasteiger partial charge in [-0.2, -0.15) is 0 Å². The molecule has 0 spiro atoms. The summed E-state index contributed by atoms with van der Waals surface area (Å²) in [6.45, 7) is 3.50. The molecule has 6 nitrogen and oxygen atoms in total. The first-order chi connectivity index (χ1) is 9.90. The highest BCUT2D eigenvalue weighted by Crippen LogP contribution is 2.28. The summed E-state index contributed by atoms with van der Waals surface area (Å²) in [7, 11) is 0. The second kappa shape index (κ2) is 5.66. The van der Waals surface area contributed by atoms with Crippen molar-refractivity contribution in [3.63, 3.8) is 0 Å². The van der Waals surface area contributed by atoms with Gasteiger partial charge in [-0.3, -0.25) is 19.9 Å². The number of rotatable bonds is 3. The van der Waals surface area contributed by atoms with Crippen LogP contribution in [0.4, 0.5) is 15.8 Å². The molecule has 1 amide bonds. The molecule has 1 aromatic carbocycles. The van der Waals surface area contributed by atoms with Crippen molar-refractivity contribution < 1.29 is 14.1 Å². The highest BCUT2D eigenvalue weighted by Gasteiger charge is 2.19. The van der Waals surface area contributed by atoms with E-state index in [1.54, 1.807) is 13.8 Å². The van der Waals surface area contributed by atoms with Crippen LogP contribution in [0.15, 0.2) is 30.6 Å². The number of pyridine rings is 1. The fourth-order valence-corrected chi connectivity index (χ4v) is 1.80. The van der Waals surface area contributed by atoms with Gasteiger partial charge in [0.25, 0.3) is 11.6 Å². The maximum absolute atomic E-state index is 13.5. The number of benzene rings is 1. The summed E-state index contributed by atoms with van der Waals surface area (Å²) in [6, 6.07) is 4.07. The quantitative estimate of drug-likeness (QED) is 0.695. The second-order valence-electron chi connectivity index (χ2n) is 4.52. The van der Waals surface area contributed by atoms with Crippen LogP contribution in [0.3, 0.4) is 0 Å². The van der Waals surface area contributed by atoms with E-state index in [-0.39, 0.29) is 16.9 Å². The fraction of sp³-hybridized carbons (Fsp3) is 0.143. The lowest BCUT2D eigenvalue weighted by Crippen LogP contribution is -2.15. The molecule has 0 aliphatic carbocycles. The molecule has 0 aliphatic heterocycles. The van der Waals surface area contributed by atoms with Crippen LogP contribution in [-0.2, 0) is 0 Å². The maximum Gasteiger partial charge on any atom is 0.293 e. The number of aryl methyl sites for hydroxylation is 2. The summed E-state index contributed by atoms with van der Waals surface area (Å²) in [6.07, 6.45) is 2.18. The third-order valence-corrected chi connectivity index (χ3v) is 3.07. The zero-order chi connectivity index (χ0) is 15.6. The average Bonchev–Trinajstić information content (AvgIpc) is 2.42. The molecule has 1 N–H and O–H groups in total. The Morgan fingerprint density at radius 2 is 2.00 bits per heavy atom. The monoisotopic (exact) mass is 289 g/mol. The van der Waals surface area contributed by atoms with Gasteiger partial charge >= 0.3 is 0 Å².